The Labute approximate surface area is 179 Å². The van der Waals surface area contributed by atoms with E-state index in [0.29, 0.717) is 12.1 Å². The van der Waals surface area contributed by atoms with Crippen molar-refractivity contribution in [1.82, 2.24) is 20.5 Å². The highest BCUT2D eigenvalue weighted by Gasteiger charge is 2.34. The van der Waals surface area contributed by atoms with Gasteiger partial charge in [0.05, 0.1) is 17.9 Å². The zero-order valence-corrected chi connectivity index (χ0v) is 17.0. The summed E-state index contributed by atoms with van der Waals surface area (Å²) in [5.41, 5.74) is -0.471. The number of hydrogen-bond donors (Lipinski definition) is 4. The van der Waals surface area contributed by atoms with E-state index in [9.17, 15) is 31.2 Å². The summed E-state index contributed by atoms with van der Waals surface area (Å²) < 4.78 is 87.3. The SMILES string of the molecule is O=S(=O)(NC1CCC1)OCCNc1nonc1C(=Nc1ccc(F)c(C(F)(F)F)c1)NO. The van der Waals surface area contributed by atoms with Crippen molar-refractivity contribution >= 4 is 27.6 Å². The first-order valence-electron chi connectivity index (χ1n) is 9.18. The number of hydroxylamine groups is 1. The molecular formula is C16H18F4N6O5S. The van der Waals surface area contributed by atoms with E-state index < -0.39 is 33.7 Å². The fraction of sp³-hybridized carbons (Fsp3) is 0.438. The third-order valence-electron chi connectivity index (χ3n) is 4.36. The molecule has 11 nitrogen and oxygen atoms in total. The molecule has 176 valence electrons. The van der Waals surface area contributed by atoms with Crippen molar-refractivity contribution in [2.24, 2.45) is 4.99 Å². The zero-order chi connectivity index (χ0) is 23.4. The van der Waals surface area contributed by atoms with E-state index in [1.54, 1.807) is 5.48 Å². The summed E-state index contributed by atoms with van der Waals surface area (Å²) in [6.45, 7) is -0.374. The Hall–Kier alpha value is -2.82. The molecule has 0 radical (unpaired) electrons. The molecule has 1 aromatic carbocycles. The first-order valence-corrected chi connectivity index (χ1v) is 10.6. The van der Waals surface area contributed by atoms with E-state index in [-0.39, 0.29) is 36.4 Å². The number of anilines is 1. The molecule has 1 aromatic heterocycles. The third kappa shape index (κ3) is 6.12. The number of rotatable bonds is 9. The highest BCUT2D eigenvalue weighted by atomic mass is 32.2. The second kappa shape index (κ2) is 9.76. The van der Waals surface area contributed by atoms with Gasteiger partial charge in [-0.3, -0.25) is 14.9 Å². The van der Waals surface area contributed by atoms with Gasteiger partial charge in [-0.25, -0.2) is 14.0 Å². The lowest BCUT2D eigenvalue weighted by Gasteiger charge is -2.25. The van der Waals surface area contributed by atoms with Crippen LogP contribution in [-0.4, -0.2) is 49.0 Å². The van der Waals surface area contributed by atoms with Crippen LogP contribution in [0.2, 0.25) is 0 Å². The van der Waals surface area contributed by atoms with Crippen molar-refractivity contribution in [2.45, 2.75) is 31.5 Å². The largest absolute Gasteiger partial charge is 0.419 e. The van der Waals surface area contributed by atoms with Crippen LogP contribution in [0.5, 0.6) is 0 Å². The van der Waals surface area contributed by atoms with E-state index in [1.807, 2.05) is 0 Å². The van der Waals surface area contributed by atoms with Crippen LogP contribution >= 0.6 is 0 Å². The Morgan fingerprint density at radius 3 is 2.69 bits per heavy atom. The molecule has 1 fully saturated rings. The number of nitrogens with zero attached hydrogens (tertiary/aromatic N) is 3. The molecule has 2 aromatic rings. The lowest BCUT2D eigenvalue weighted by Crippen LogP contribution is -2.40. The van der Waals surface area contributed by atoms with Crippen LogP contribution in [0.25, 0.3) is 0 Å². The van der Waals surface area contributed by atoms with Crippen LogP contribution in [0.1, 0.15) is 30.5 Å². The Balaban J connectivity index is 1.66. The molecule has 1 aliphatic carbocycles. The van der Waals surface area contributed by atoms with Crippen molar-refractivity contribution in [3.8, 4) is 0 Å². The molecule has 0 unspecified atom stereocenters. The van der Waals surface area contributed by atoms with Crippen molar-refractivity contribution in [2.75, 3.05) is 18.5 Å². The summed E-state index contributed by atoms with van der Waals surface area (Å²) >= 11 is 0. The Kier molecular flexibility index (Phi) is 7.27. The van der Waals surface area contributed by atoms with Crippen LogP contribution < -0.4 is 15.5 Å². The van der Waals surface area contributed by atoms with Gasteiger partial charge < -0.3 is 5.32 Å². The van der Waals surface area contributed by atoms with E-state index in [2.05, 4.69) is 30.0 Å². The van der Waals surface area contributed by atoms with Gasteiger partial charge >= 0.3 is 16.5 Å². The average molecular weight is 482 g/mol. The maximum atomic E-state index is 13.4. The minimum absolute atomic E-state index is 0.0831. The van der Waals surface area contributed by atoms with Gasteiger partial charge in [0.2, 0.25) is 5.82 Å². The van der Waals surface area contributed by atoms with Crippen molar-refractivity contribution < 1.29 is 40.0 Å². The molecule has 1 saturated carbocycles. The predicted octanol–water partition coefficient (Wildman–Crippen LogP) is 2.10. The molecule has 0 spiro atoms. The summed E-state index contributed by atoms with van der Waals surface area (Å²) in [5.74, 6) is -2.06. The number of alkyl halides is 3. The Morgan fingerprint density at radius 2 is 2.06 bits per heavy atom. The predicted molar refractivity (Wildman–Crippen MR) is 101 cm³/mol. The van der Waals surface area contributed by atoms with E-state index in [4.69, 9.17) is 4.18 Å². The summed E-state index contributed by atoms with van der Waals surface area (Å²) in [4.78, 5) is 3.76. The lowest BCUT2D eigenvalue weighted by atomic mass is 9.94. The van der Waals surface area contributed by atoms with Crippen LogP contribution in [0.4, 0.5) is 29.1 Å². The molecule has 16 heteroatoms. The van der Waals surface area contributed by atoms with Crippen molar-refractivity contribution in [3.63, 3.8) is 0 Å². The number of hydrogen-bond acceptors (Lipinski definition) is 9. The van der Waals surface area contributed by atoms with Crippen LogP contribution in [-0.2, 0) is 20.7 Å². The van der Waals surface area contributed by atoms with Crippen molar-refractivity contribution in [1.29, 1.82) is 0 Å². The van der Waals surface area contributed by atoms with Gasteiger partial charge in [-0.15, -0.1) is 0 Å². The monoisotopic (exact) mass is 482 g/mol. The average Bonchev–Trinajstić information content (AvgIpc) is 3.15. The zero-order valence-electron chi connectivity index (χ0n) is 16.2. The van der Waals surface area contributed by atoms with Gasteiger partial charge in [-0.2, -0.15) is 26.3 Å². The highest BCUT2D eigenvalue weighted by molar-refractivity contribution is 7.84. The summed E-state index contributed by atoms with van der Waals surface area (Å²) in [6, 6.07) is 1.84. The van der Waals surface area contributed by atoms with E-state index >= 15 is 0 Å². The summed E-state index contributed by atoms with van der Waals surface area (Å²) in [7, 11) is -3.92. The van der Waals surface area contributed by atoms with Crippen molar-refractivity contribution in [3.05, 3.63) is 35.3 Å². The lowest BCUT2D eigenvalue weighted by molar-refractivity contribution is -0.139. The number of halogens is 4. The van der Waals surface area contributed by atoms with Crippen LogP contribution in [0, 0.1) is 5.82 Å². The minimum atomic E-state index is -4.95. The highest BCUT2D eigenvalue weighted by Crippen LogP contribution is 2.33. The summed E-state index contributed by atoms with van der Waals surface area (Å²) in [5, 5.41) is 19.0. The smallest absolute Gasteiger partial charge is 0.363 e. The standard InChI is InChI=1S/C16H18F4N6O5S/c17-12-5-4-10(8-11(12)16(18,19)20)22-15(23-27)13-14(25-31-24-13)21-6-7-30-32(28,29)26-9-2-1-3-9/h4-5,8-9,26-27H,1-3,6-7H2,(H,21,25)(H,22,23). The Morgan fingerprint density at radius 1 is 1.31 bits per heavy atom. The second-order valence-corrected chi connectivity index (χ2v) is 8.02. The maximum Gasteiger partial charge on any atom is 0.419 e. The fourth-order valence-corrected chi connectivity index (χ4v) is 3.62. The Bertz CT molecular complexity index is 1070. The molecule has 4 N–H and O–H groups in total. The van der Waals surface area contributed by atoms with Gasteiger partial charge in [0.1, 0.15) is 5.82 Å². The molecule has 0 atom stereocenters. The molecule has 3 rings (SSSR count). The number of nitrogens with one attached hydrogen (secondary N) is 3. The van der Waals surface area contributed by atoms with E-state index in [1.165, 1.54) is 0 Å². The fourth-order valence-electron chi connectivity index (χ4n) is 2.61. The molecule has 0 saturated heterocycles. The molecular weight excluding hydrogens is 464 g/mol. The van der Waals surface area contributed by atoms with Crippen LogP contribution in [0.3, 0.4) is 0 Å². The molecule has 32 heavy (non-hydrogen) atoms. The maximum absolute atomic E-state index is 13.4. The molecule has 0 amide bonds. The number of amidine groups is 1. The minimum Gasteiger partial charge on any atom is -0.363 e. The molecule has 1 aliphatic rings. The van der Waals surface area contributed by atoms with Gasteiger partial charge in [-0.05, 0) is 41.4 Å². The molecule has 0 bridgehead atoms. The second-order valence-electron chi connectivity index (χ2n) is 6.64. The van der Waals surface area contributed by atoms with Gasteiger partial charge in [0.15, 0.2) is 11.5 Å². The summed E-state index contributed by atoms with van der Waals surface area (Å²) in [6.07, 6.45) is -2.53. The van der Waals surface area contributed by atoms with E-state index in [0.717, 1.165) is 25.3 Å². The number of aromatic nitrogens is 2. The number of benzene rings is 1. The van der Waals surface area contributed by atoms with Gasteiger partial charge in [0.25, 0.3) is 0 Å². The first-order chi connectivity index (χ1) is 15.1. The first kappa shape index (κ1) is 23.8. The third-order valence-corrected chi connectivity index (χ3v) is 5.46. The number of aliphatic imine (C=N–C) groups is 1. The van der Waals surface area contributed by atoms with Gasteiger partial charge in [-0.1, -0.05) is 6.42 Å². The van der Waals surface area contributed by atoms with Crippen LogP contribution in [0.15, 0.2) is 27.8 Å². The topological polar surface area (TPSA) is 151 Å². The molecule has 1 heterocycles. The molecule has 0 aliphatic heterocycles. The quantitative estimate of drug-likeness (QED) is 0.138. The van der Waals surface area contributed by atoms with Gasteiger partial charge in [0, 0.05) is 12.6 Å². The normalized spacial score (nSPS) is 15.5.